The number of anilines is 3. The van der Waals surface area contributed by atoms with Crippen LogP contribution < -0.4 is 10.2 Å². The van der Waals surface area contributed by atoms with E-state index in [9.17, 15) is 9.18 Å². The maximum absolute atomic E-state index is 14.5. The van der Waals surface area contributed by atoms with E-state index in [-0.39, 0.29) is 17.5 Å². The summed E-state index contributed by atoms with van der Waals surface area (Å²) in [6.45, 7) is 4.52. The number of pyridine rings is 2. The number of halogens is 1. The molecule has 4 aromatic heterocycles. The molecule has 1 N–H and O–H groups in total. The highest BCUT2D eigenvalue weighted by Crippen LogP contribution is 2.24. The van der Waals surface area contributed by atoms with Gasteiger partial charge in [0, 0.05) is 39.3 Å². The molecule has 0 spiro atoms. The Morgan fingerprint density at radius 3 is 2.59 bits per heavy atom. The molecule has 1 aliphatic heterocycles. The number of piperazine rings is 1. The number of carbonyl (C=O) groups is 1. The second kappa shape index (κ2) is 8.22. The van der Waals surface area contributed by atoms with Gasteiger partial charge in [0.05, 0.1) is 30.0 Å². The number of hydrogen-bond acceptors (Lipinski definition) is 7. The van der Waals surface area contributed by atoms with Crippen LogP contribution in [0.2, 0.25) is 0 Å². The van der Waals surface area contributed by atoms with E-state index < -0.39 is 5.82 Å². The Hall–Kier alpha value is -4.08. The van der Waals surface area contributed by atoms with E-state index in [1.165, 1.54) is 0 Å². The van der Waals surface area contributed by atoms with Gasteiger partial charge in [-0.2, -0.15) is 0 Å². The summed E-state index contributed by atoms with van der Waals surface area (Å²) in [6, 6.07) is 9.34. The predicted molar refractivity (Wildman–Crippen MR) is 118 cm³/mol. The predicted octanol–water partition coefficient (Wildman–Crippen LogP) is 2.74. The Bertz CT molecular complexity index is 1260. The Morgan fingerprint density at radius 2 is 1.84 bits per heavy atom. The van der Waals surface area contributed by atoms with E-state index in [1.807, 2.05) is 41.4 Å². The molecule has 5 rings (SSSR count). The van der Waals surface area contributed by atoms with Gasteiger partial charge >= 0.3 is 0 Å². The SMILES string of the molecule is CC(=O)N1CCN(c2ccc(Nc3ncc(F)c(-c4cnc5ccccn45)n3)nc2)CC1. The van der Waals surface area contributed by atoms with Gasteiger partial charge < -0.3 is 15.1 Å². The van der Waals surface area contributed by atoms with E-state index in [0.717, 1.165) is 25.0 Å². The molecule has 0 saturated carbocycles. The zero-order chi connectivity index (χ0) is 22.1. The first kappa shape index (κ1) is 19.9. The van der Waals surface area contributed by atoms with E-state index in [2.05, 4.69) is 30.2 Å². The lowest BCUT2D eigenvalue weighted by atomic mass is 10.2. The van der Waals surface area contributed by atoms with Gasteiger partial charge in [-0.3, -0.25) is 9.20 Å². The van der Waals surface area contributed by atoms with Crippen molar-refractivity contribution in [2.24, 2.45) is 0 Å². The molecule has 0 unspecified atom stereocenters. The van der Waals surface area contributed by atoms with Crippen molar-refractivity contribution in [1.29, 1.82) is 0 Å². The topological polar surface area (TPSA) is 91.6 Å². The minimum absolute atomic E-state index is 0.102. The van der Waals surface area contributed by atoms with Crippen molar-refractivity contribution >= 4 is 29.0 Å². The Morgan fingerprint density at radius 1 is 1.00 bits per heavy atom. The molecule has 1 fully saturated rings. The summed E-state index contributed by atoms with van der Waals surface area (Å²) < 4.78 is 16.3. The van der Waals surface area contributed by atoms with Crippen molar-refractivity contribution in [3.05, 3.63) is 60.9 Å². The normalized spacial score (nSPS) is 14.1. The fraction of sp³-hybridized carbons (Fsp3) is 0.227. The first-order valence-electron chi connectivity index (χ1n) is 10.3. The molecule has 1 amide bonds. The van der Waals surface area contributed by atoms with Crippen LogP contribution in [0.1, 0.15) is 6.92 Å². The fourth-order valence-electron chi connectivity index (χ4n) is 3.76. The molecule has 0 radical (unpaired) electrons. The van der Waals surface area contributed by atoms with Crippen LogP contribution in [0, 0.1) is 5.82 Å². The lowest BCUT2D eigenvalue weighted by molar-refractivity contribution is -0.129. The molecular weight excluding hydrogens is 411 g/mol. The average molecular weight is 432 g/mol. The molecule has 32 heavy (non-hydrogen) atoms. The second-order valence-corrected chi connectivity index (χ2v) is 7.48. The molecule has 1 saturated heterocycles. The van der Waals surface area contributed by atoms with Gasteiger partial charge in [0.2, 0.25) is 11.9 Å². The molecule has 0 aliphatic carbocycles. The molecule has 0 aromatic carbocycles. The van der Waals surface area contributed by atoms with Crippen LogP contribution in [0.25, 0.3) is 17.0 Å². The third-order valence-electron chi connectivity index (χ3n) is 5.48. The number of carbonyl (C=O) groups excluding carboxylic acids is 1. The quantitative estimate of drug-likeness (QED) is 0.530. The van der Waals surface area contributed by atoms with Gasteiger partial charge in [0.25, 0.3) is 0 Å². The molecule has 0 atom stereocenters. The molecule has 0 bridgehead atoms. The van der Waals surface area contributed by atoms with Crippen LogP contribution in [0.3, 0.4) is 0 Å². The minimum atomic E-state index is -0.533. The molecule has 9 nitrogen and oxygen atoms in total. The lowest BCUT2D eigenvalue weighted by Crippen LogP contribution is -2.48. The number of nitrogens with one attached hydrogen (secondary N) is 1. The van der Waals surface area contributed by atoms with E-state index in [4.69, 9.17) is 0 Å². The Labute approximate surface area is 183 Å². The molecule has 5 heterocycles. The van der Waals surface area contributed by atoms with Gasteiger partial charge in [-0.1, -0.05) is 6.07 Å². The molecule has 162 valence electrons. The van der Waals surface area contributed by atoms with Crippen molar-refractivity contribution in [2.75, 3.05) is 36.4 Å². The number of amides is 1. The highest BCUT2D eigenvalue weighted by atomic mass is 19.1. The number of rotatable bonds is 4. The van der Waals surface area contributed by atoms with Crippen molar-refractivity contribution in [3.63, 3.8) is 0 Å². The first-order chi connectivity index (χ1) is 15.6. The van der Waals surface area contributed by atoms with Crippen LogP contribution in [0.5, 0.6) is 0 Å². The standard InChI is InChI=1S/C22H21FN8O/c1-15(32)29-8-10-30(11-9-29)16-5-6-19(24-12-16)27-22-26-13-17(23)21(28-22)18-14-25-20-4-2-3-7-31(18)20/h2-7,12-14H,8-11H2,1H3,(H,24,26,27,28). The first-order valence-corrected chi connectivity index (χ1v) is 10.3. The van der Waals surface area contributed by atoms with Crippen molar-refractivity contribution in [2.45, 2.75) is 6.92 Å². The number of nitrogens with zero attached hydrogens (tertiary/aromatic N) is 7. The van der Waals surface area contributed by atoms with Crippen molar-refractivity contribution in [3.8, 4) is 11.4 Å². The largest absolute Gasteiger partial charge is 0.367 e. The highest BCUT2D eigenvalue weighted by Gasteiger charge is 2.19. The number of hydrogen-bond donors (Lipinski definition) is 1. The van der Waals surface area contributed by atoms with Crippen LogP contribution in [0.15, 0.2) is 55.1 Å². The summed E-state index contributed by atoms with van der Waals surface area (Å²) in [6.07, 6.45) is 6.29. The van der Waals surface area contributed by atoms with Crippen LogP contribution in [-0.2, 0) is 4.79 Å². The Kier molecular flexibility index (Phi) is 5.10. The van der Waals surface area contributed by atoms with E-state index in [0.29, 0.717) is 30.2 Å². The maximum Gasteiger partial charge on any atom is 0.229 e. The summed E-state index contributed by atoms with van der Waals surface area (Å²) in [5, 5.41) is 3.03. The summed E-state index contributed by atoms with van der Waals surface area (Å²) in [5.74, 6) is 0.355. The molecule has 10 heteroatoms. The zero-order valence-electron chi connectivity index (χ0n) is 17.4. The van der Waals surface area contributed by atoms with Gasteiger partial charge in [-0.25, -0.2) is 24.3 Å². The number of fused-ring (bicyclic) bond motifs is 1. The van der Waals surface area contributed by atoms with Gasteiger partial charge in [0.15, 0.2) is 5.82 Å². The third kappa shape index (κ3) is 3.82. The van der Waals surface area contributed by atoms with Gasteiger partial charge in [-0.15, -0.1) is 0 Å². The summed E-state index contributed by atoms with van der Waals surface area (Å²) in [7, 11) is 0. The second-order valence-electron chi connectivity index (χ2n) is 7.48. The summed E-state index contributed by atoms with van der Waals surface area (Å²) in [5.41, 5.74) is 2.37. The van der Waals surface area contributed by atoms with Gasteiger partial charge in [0.1, 0.15) is 17.2 Å². The van der Waals surface area contributed by atoms with Gasteiger partial charge in [-0.05, 0) is 24.3 Å². The number of imidazole rings is 1. The van der Waals surface area contributed by atoms with E-state index in [1.54, 1.807) is 23.7 Å². The summed E-state index contributed by atoms with van der Waals surface area (Å²) >= 11 is 0. The van der Waals surface area contributed by atoms with Crippen molar-refractivity contribution < 1.29 is 9.18 Å². The smallest absolute Gasteiger partial charge is 0.229 e. The summed E-state index contributed by atoms with van der Waals surface area (Å²) in [4.78, 5) is 32.7. The van der Waals surface area contributed by atoms with Crippen LogP contribution >= 0.6 is 0 Å². The zero-order valence-corrected chi connectivity index (χ0v) is 17.4. The third-order valence-corrected chi connectivity index (χ3v) is 5.48. The Balaban J connectivity index is 1.33. The highest BCUT2D eigenvalue weighted by molar-refractivity contribution is 5.73. The number of aromatic nitrogens is 5. The molecule has 1 aliphatic rings. The van der Waals surface area contributed by atoms with Crippen molar-refractivity contribution in [1.82, 2.24) is 29.2 Å². The average Bonchev–Trinajstić information content (AvgIpc) is 3.25. The van der Waals surface area contributed by atoms with Crippen LogP contribution in [-0.4, -0.2) is 61.3 Å². The fourth-order valence-corrected chi connectivity index (χ4v) is 3.76. The minimum Gasteiger partial charge on any atom is -0.367 e. The van der Waals surface area contributed by atoms with Crippen LogP contribution in [0.4, 0.5) is 21.8 Å². The monoisotopic (exact) mass is 432 g/mol. The molecule has 4 aromatic rings. The maximum atomic E-state index is 14.5. The molecular formula is C22H21FN8O. The van der Waals surface area contributed by atoms with E-state index >= 15 is 0 Å². The lowest BCUT2D eigenvalue weighted by Gasteiger charge is -2.35.